The first-order valence-corrected chi connectivity index (χ1v) is 13.2. The van der Waals surface area contributed by atoms with Crippen LogP contribution in [0.25, 0.3) is 0 Å². The van der Waals surface area contributed by atoms with Crippen molar-refractivity contribution in [2.45, 2.75) is 34.8 Å². The number of likely N-dealkylation sites (tertiary alicyclic amines) is 1. The van der Waals surface area contributed by atoms with Crippen molar-refractivity contribution in [1.29, 1.82) is 0 Å². The third kappa shape index (κ3) is 10.2. The van der Waals surface area contributed by atoms with Crippen LogP contribution in [0.3, 0.4) is 0 Å². The molecule has 2 amide bonds. The van der Waals surface area contributed by atoms with Gasteiger partial charge in [0.25, 0.3) is 5.91 Å². The second-order valence-electron chi connectivity index (χ2n) is 8.18. The minimum Gasteiger partial charge on any atom is -0.458 e. The minimum atomic E-state index is -1.91. The summed E-state index contributed by atoms with van der Waals surface area (Å²) in [5.41, 5.74) is -0.410. The third-order valence-electron chi connectivity index (χ3n) is 5.14. The van der Waals surface area contributed by atoms with Crippen LogP contribution >= 0.6 is 46.4 Å². The molecule has 3 rings (SSSR count). The van der Waals surface area contributed by atoms with Gasteiger partial charge >= 0.3 is 24.2 Å². The number of rotatable bonds is 11. The fourth-order valence-corrected chi connectivity index (χ4v) is 3.69. The molecule has 12 nitrogen and oxygen atoms in total. The van der Waals surface area contributed by atoms with Gasteiger partial charge in [0.15, 0.2) is 12.6 Å². The van der Waals surface area contributed by atoms with Gasteiger partial charge in [-0.3, -0.25) is 9.69 Å². The molecule has 41 heavy (non-hydrogen) atoms. The summed E-state index contributed by atoms with van der Waals surface area (Å²) in [5, 5.41) is 2.26. The number of benzene rings is 2. The van der Waals surface area contributed by atoms with Gasteiger partial charge < -0.3 is 29.0 Å². The molecular formula is C25H22Cl4N2O10. The molecule has 0 bridgehead atoms. The zero-order chi connectivity index (χ0) is 30.0. The van der Waals surface area contributed by atoms with E-state index in [1.54, 1.807) is 60.7 Å². The standard InChI is InChI=1S/C25H22Cl4N2O10/c26-19(22(34)37-11-15-7-3-1-4-8-15)31-20(33)18(30-23(35)38-12-16-9-5-2-6-10-16)21(31)41-17(32)13-39-24(36)40-14-25(27,28)29/h1-10,18-19,21H,11-14H2,(H,30,35). The number of ether oxygens (including phenoxy) is 5. The van der Waals surface area contributed by atoms with E-state index in [4.69, 9.17) is 60.6 Å². The second kappa shape index (κ2) is 15.0. The Hall–Kier alpha value is -3.45. The molecule has 1 saturated heterocycles. The predicted molar refractivity (Wildman–Crippen MR) is 144 cm³/mol. The number of esters is 2. The number of nitrogens with zero attached hydrogens (tertiary/aromatic N) is 1. The Bertz CT molecular complexity index is 1230. The number of carbonyl (C=O) groups excluding carboxylic acids is 5. The molecule has 1 fully saturated rings. The normalized spacial score (nSPS) is 17.0. The van der Waals surface area contributed by atoms with Gasteiger partial charge in [0.05, 0.1) is 0 Å². The quantitative estimate of drug-likeness (QED) is 0.125. The molecule has 2 aromatic carbocycles. The fourth-order valence-electron chi connectivity index (χ4n) is 3.26. The van der Waals surface area contributed by atoms with Crippen LogP contribution in [0.15, 0.2) is 60.7 Å². The molecule has 0 spiro atoms. The average Bonchev–Trinajstić information content (AvgIpc) is 2.95. The number of alkyl halides is 4. The first-order valence-electron chi connectivity index (χ1n) is 11.6. The lowest BCUT2D eigenvalue weighted by molar-refractivity contribution is -0.198. The van der Waals surface area contributed by atoms with Gasteiger partial charge in [0.2, 0.25) is 15.5 Å². The number of hydrogen-bond donors (Lipinski definition) is 1. The Morgan fingerprint density at radius 1 is 0.854 bits per heavy atom. The van der Waals surface area contributed by atoms with Crippen LogP contribution < -0.4 is 5.32 Å². The van der Waals surface area contributed by atoms with Gasteiger partial charge in [0, 0.05) is 0 Å². The van der Waals surface area contributed by atoms with Crippen molar-refractivity contribution in [3.63, 3.8) is 0 Å². The van der Waals surface area contributed by atoms with Crippen molar-refractivity contribution in [3.05, 3.63) is 71.8 Å². The maximum absolute atomic E-state index is 12.9. The highest BCUT2D eigenvalue weighted by molar-refractivity contribution is 6.67. The Morgan fingerprint density at radius 2 is 1.41 bits per heavy atom. The van der Waals surface area contributed by atoms with Gasteiger partial charge in [0.1, 0.15) is 19.8 Å². The topological polar surface area (TPSA) is 147 Å². The van der Waals surface area contributed by atoms with Crippen LogP contribution in [0.5, 0.6) is 0 Å². The SMILES string of the molecule is O=C(COC(=O)OCC(Cl)(Cl)Cl)OC1C(NC(=O)OCc2ccccc2)C(=O)N1C(Cl)C(=O)OCc1ccccc1. The molecule has 220 valence electrons. The summed E-state index contributed by atoms with van der Waals surface area (Å²) in [6.07, 6.45) is -3.96. The van der Waals surface area contributed by atoms with Crippen LogP contribution in [0.1, 0.15) is 11.1 Å². The van der Waals surface area contributed by atoms with Crippen molar-refractivity contribution < 1.29 is 47.7 Å². The molecule has 0 saturated carbocycles. The van der Waals surface area contributed by atoms with Crippen molar-refractivity contribution in [2.75, 3.05) is 13.2 Å². The summed E-state index contributed by atoms with van der Waals surface area (Å²) in [6.45, 7) is -1.91. The summed E-state index contributed by atoms with van der Waals surface area (Å²) < 4.78 is 22.6. The number of β-lactam (4-membered cyclic amide) rings is 1. The van der Waals surface area contributed by atoms with E-state index >= 15 is 0 Å². The van der Waals surface area contributed by atoms with Crippen LogP contribution in [-0.2, 0) is 51.3 Å². The Kier molecular flexibility index (Phi) is 11.7. The van der Waals surface area contributed by atoms with Gasteiger partial charge in [-0.1, -0.05) is 107 Å². The lowest BCUT2D eigenvalue weighted by Gasteiger charge is -2.46. The maximum Gasteiger partial charge on any atom is 0.508 e. The van der Waals surface area contributed by atoms with Gasteiger partial charge in [-0.25, -0.2) is 19.2 Å². The van der Waals surface area contributed by atoms with Crippen molar-refractivity contribution in [3.8, 4) is 0 Å². The monoisotopic (exact) mass is 650 g/mol. The number of carbonyl (C=O) groups is 5. The first kappa shape index (κ1) is 32.1. The number of halogens is 4. The van der Waals surface area contributed by atoms with E-state index in [0.717, 1.165) is 0 Å². The molecule has 1 heterocycles. The highest BCUT2D eigenvalue weighted by Gasteiger charge is 2.56. The zero-order valence-corrected chi connectivity index (χ0v) is 23.9. The minimum absolute atomic E-state index is 0.115. The number of alkyl carbamates (subject to hydrolysis) is 1. The van der Waals surface area contributed by atoms with E-state index in [0.29, 0.717) is 16.0 Å². The zero-order valence-electron chi connectivity index (χ0n) is 20.9. The molecule has 0 aliphatic carbocycles. The van der Waals surface area contributed by atoms with E-state index in [1.165, 1.54) is 0 Å². The molecule has 3 atom stereocenters. The Balaban J connectivity index is 1.61. The van der Waals surface area contributed by atoms with E-state index in [1.807, 2.05) is 0 Å². The molecule has 1 aliphatic heterocycles. The van der Waals surface area contributed by atoms with Gasteiger partial charge in [-0.2, -0.15) is 0 Å². The molecule has 0 radical (unpaired) electrons. The van der Waals surface area contributed by atoms with E-state index in [-0.39, 0.29) is 13.2 Å². The maximum atomic E-state index is 12.9. The summed E-state index contributed by atoms with van der Waals surface area (Å²) in [7, 11) is 0. The van der Waals surface area contributed by atoms with Crippen molar-refractivity contribution in [2.24, 2.45) is 0 Å². The van der Waals surface area contributed by atoms with Gasteiger partial charge in [-0.05, 0) is 11.1 Å². The lowest BCUT2D eigenvalue weighted by Crippen LogP contribution is -2.74. The summed E-state index contributed by atoms with van der Waals surface area (Å²) >= 11 is 22.6. The predicted octanol–water partition coefficient (Wildman–Crippen LogP) is 3.82. The van der Waals surface area contributed by atoms with Crippen LogP contribution in [-0.4, -0.2) is 69.8 Å². The fraction of sp³-hybridized carbons (Fsp3) is 0.320. The average molecular weight is 652 g/mol. The second-order valence-corrected chi connectivity index (χ2v) is 11.1. The molecule has 3 unspecified atom stereocenters. The molecule has 16 heteroatoms. The smallest absolute Gasteiger partial charge is 0.458 e. The molecule has 2 aromatic rings. The van der Waals surface area contributed by atoms with E-state index < -0.39 is 64.9 Å². The molecule has 0 aromatic heterocycles. The van der Waals surface area contributed by atoms with E-state index in [2.05, 4.69) is 14.8 Å². The number of amides is 2. The summed E-state index contributed by atoms with van der Waals surface area (Å²) in [4.78, 5) is 62.4. The first-order chi connectivity index (χ1) is 19.4. The van der Waals surface area contributed by atoms with Crippen LogP contribution in [0, 0.1) is 0 Å². The number of nitrogens with one attached hydrogen (secondary N) is 1. The van der Waals surface area contributed by atoms with Crippen LogP contribution in [0.4, 0.5) is 9.59 Å². The third-order valence-corrected chi connectivity index (χ3v) is 5.86. The highest BCUT2D eigenvalue weighted by atomic mass is 35.6. The van der Waals surface area contributed by atoms with Crippen molar-refractivity contribution in [1.82, 2.24) is 10.2 Å². The van der Waals surface area contributed by atoms with Crippen LogP contribution in [0.2, 0.25) is 0 Å². The lowest BCUT2D eigenvalue weighted by atomic mass is 10.0. The largest absolute Gasteiger partial charge is 0.508 e. The van der Waals surface area contributed by atoms with Gasteiger partial charge in [-0.15, -0.1) is 0 Å². The number of hydrogen-bond acceptors (Lipinski definition) is 10. The molecule has 1 N–H and O–H groups in total. The van der Waals surface area contributed by atoms with Crippen molar-refractivity contribution >= 4 is 76.5 Å². The van der Waals surface area contributed by atoms with E-state index in [9.17, 15) is 24.0 Å². The Labute approximate surface area is 253 Å². The summed E-state index contributed by atoms with van der Waals surface area (Å²) in [6, 6.07) is 15.9. The highest BCUT2D eigenvalue weighted by Crippen LogP contribution is 2.28. The molecule has 1 aliphatic rings. The summed E-state index contributed by atoms with van der Waals surface area (Å²) in [5.74, 6) is -3.09. The molecular weight excluding hydrogens is 630 g/mol. The Morgan fingerprint density at radius 3 is 1.98 bits per heavy atom.